The standard InChI is InChI=1S/C14H18N4O2S/c19-13(17-10-4-7-21-14(10)20)11-8-12(16-9-15-11)18-5-2-1-3-6-18/h8-10H,1-7H2,(H,17,19). The van der Waals surface area contributed by atoms with Crippen molar-refractivity contribution in [2.75, 3.05) is 23.7 Å². The number of nitrogens with zero attached hydrogens (tertiary/aromatic N) is 3. The van der Waals surface area contributed by atoms with E-state index in [4.69, 9.17) is 0 Å². The second-order valence-electron chi connectivity index (χ2n) is 5.29. The number of thioether (sulfide) groups is 1. The first-order chi connectivity index (χ1) is 10.2. The lowest BCUT2D eigenvalue weighted by Gasteiger charge is -2.27. The van der Waals surface area contributed by atoms with Crippen LogP contribution in [0, 0.1) is 0 Å². The van der Waals surface area contributed by atoms with Gasteiger partial charge in [0.05, 0.1) is 6.04 Å². The zero-order valence-electron chi connectivity index (χ0n) is 11.7. The molecule has 1 amide bonds. The Hall–Kier alpha value is -1.63. The normalized spacial score (nSPS) is 22.4. The molecule has 0 saturated carbocycles. The van der Waals surface area contributed by atoms with Gasteiger partial charge in [-0.2, -0.15) is 0 Å². The summed E-state index contributed by atoms with van der Waals surface area (Å²) in [5.41, 5.74) is 0.329. The smallest absolute Gasteiger partial charge is 0.270 e. The van der Waals surface area contributed by atoms with Crippen LogP contribution in [0.5, 0.6) is 0 Å². The SMILES string of the molecule is O=C(NC1CCSC1=O)c1cc(N2CCCCC2)ncn1. The molecule has 1 N–H and O–H groups in total. The fourth-order valence-electron chi connectivity index (χ4n) is 2.63. The molecular formula is C14H18N4O2S. The minimum absolute atomic E-state index is 0.0358. The van der Waals surface area contributed by atoms with E-state index in [2.05, 4.69) is 20.2 Å². The van der Waals surface area contributed by atoms with Gasteiger partial charge < -0.3 is 10.2 Å². The molecule has 1 aromatic heterocycles. The Morgan fingerprint density at radius 1 is 1.29 bits per heavy atom. The Morgan fingerprint density at radius 3 is 2.81 bits per heavy atom. The molecule has 0 spiro atoms. The lowest BCUT2D eigenvalue weighted by atomic mass is 10.1. The van der Waals surface area contributed by atoms with Gasteiger partial charge in [0.15, 0.2) is 0 Å². The van der Waals surface area contributed by atoms with Gasteiger partial charge in [-0.1, -0.05) is 11.8 Å². The molecular weight excluding hydrogens is 288 g/mol. The van der Waals surface area contributed by atoms with Gasteiger partial charge in [0.2, 0.25) is 5.12 Å². The van der Waals surface area contributed by atoms with E-state index >= 15 is 0 Å². The molecule has 1 unspecified atom stereocenters. The van der Waals surface area contributed by atoms with E-state index in [-0.39, 0.29) is 17.1 Å². The highest BCUT2D eigenvalue weighted by molar-refractivity contribution is 8.14. The molecule has 0 bridgehead atoms. The number of amides is 1. The minimum Gasteiger partial charge on any atom is -0.357 e. The first-order valence-electron chi connectivity index (χ1n) is 7.28. The lowest BCUT2D eigenvalue weighted by molar-refractivity contribution is -0.112. The number of carbonyl (C=O) groups excluding carboxylic acids is 2. The lowest BCUT2D eigenvalue weighted by Crippen LogP contribution is -2.38. The van der Waals surface area contributed by atoms with Crippen LogP contribution in [-0.2, 0) is 4.79 Å². The van der Waals surface area contributed by atoms with Crippen molar-refractivity contribution in [3.8, 4) is 0 Å². The van der Waals surface area contributed by atoms with E-state index in [0.717, 1.165) is 37.5 Å². The second-order valence-corrected chi connectivity index (χ2v) is 6.39. The molecule has 1 atom stereocenters. The highest BCUT2D eigenvalue weighted by Crippen LogP contribution is 2.20. The molecule has 6 nitrogen and oxygen atoms in total. The molecule has 112 valence electrons. The van der Waals surface area contributed by atoms with Crippen LogP contribution in [-0.4, -0.2) is 45.9 Å². The van der Waals surface area contributed by atoms with Crippen LogP contribution in [0.3, 0.4) is 0 Å². The molecule has 2 fully saturated rings. The fourth-order valence-corrected chi connectivity index (χ4v) is 3.56. The van der Waals surface area contributed by atoms with Gasteiger partial charge in [-0.15, -0.1) is 0 Å². The van der Waals surface area contributed by atoms with Crippen LogP contribution >= 0.6 is 11.8 Å². The fraction of sp³-hybridized carbons (Fsp3) is 0.571. The molecule has 0 aliphatic carbocycles. The van der Waals surface area contributed by atoms with Crippen molar-refractivity contribution in [3.63, 3.8) is 0 Å². The summed E-state index contributed by atoms with van der Waals surface area (Å²) in [4.78, 5) is 34.2. The van der Waals surface area contributed by atoms with Gasteiger partial charge >= 0.3 is 0 Å². The third-order valence-corrected chi connectivity index (χ3v) is 4.81. The van der Waals surface area contributed by atoms with Crippen LogP contribution in [0.1, 0.15) is 36.2 Å². The summed E-state index contributed by atoms with van der Waals surface area (Å²) in [7, 11) is 0. The molecule has 21 heavy (non-hydrogen) atoms. The third kappa shape index (κ3) is 3.34. The van der Waals surface area contributed by atoms with Crippen molar-refractivity contribution < 1.29 is 9.59 Å². The first-order valence-corrected chi connectivity index (χ1v) is 8.27. The van der Waals surface area contributed by atoms with Gasteiger partial charge in [-0.05, 0) is 25.7 Å². The Morgan fingerprint density at radius 2 is 2.10 bits per heavy atom. The van der Waals surface area contributed by atoms with Crippen molar-refractivity contribution in [2.45, 2.75) is 31.7 Å². The molecule has 2 aliphatic rings. The van der Waals surface area contributed by atoms with Crippen LogP contribution in [0.4, 0.5) is 5.82 Å². The van der Waals surface area contributed by atoms with Crippen molar-refractivity contribution >= 4 is 28.6 Å². The summed E-state index contributed by atoms with van der Waals surface area (Å²) >= 11 is 1.27. The van der Waals surface area contributed by atoms with Crippen LogP contribution in [0.25, 0.3) is 0 Å². The average molecular weight is 306 g/mol. The maximum absolute atomic E-state index is 12.2. The van der Waals surface area contributed by atoms with Gasteiger partial charge in [0.25, 0.3) is 5.91 Å². The first kappa shape index (κ1) is 14.3. The Bertz CT molecular complexity index is 546. The van der Waals surface area contributed by atoms with Crippen molar-refractivity contribution in [2.24, 2.45) is 0 Å². The summed E-state index contributed by atoms with van der Waals surface area (Å²) in [5.74, 6) is 1.27. The van der Waals surface area contributed by atoms with Crippen LogP contribution in [0.2, 0.25) is 0 Å². The minimum atomic E-state index is -0.379. The molecule has 7 heteroatoms. The predicted molar refractivity (Wildman–Crippen MR) is 81.4 cm³/mol. The summed E-state index contributed by atoms with van der Waals surface area (Å²) in [6.07, 6.45) is 5.67. The summed E-state index contributed by atoms with van der Waals surface area (Å²) in [6.45, 7) is 1.94. The Balaban J connectivity index is 1.69. The van der Waals surface area contributed by atoms with Gasteiger partial charge in [0.1, 0.15) is 17.8 Å². The van der Waals surface area contributed by atoms with E-state index in [0.29, 0.717) is 12.1 Å². The van der Waals surface area contributed by atoms with Crippen molar-refractivity contribution in [3.05, 3.63) is 18.1 Å². The van der Waals surface area contributed by atoms with Crippen molar-refractivity contribution in [1.82, 2.24) is 15.3 Å². The van der Waals surface area contributed by atoms with Gasteiger partial charge in [0, 0.05) is 24.9 Å². The molecule has 1 aromatic rings. The van der Waals surface area contributed by atoms with Crippen LogP contribution < -0.4 is 10.2 Å². The highest BCUT2D eigenvalue weighted by atomic mass is 32.2. The number of piperidine rings is 1. The number of aromatic nitrogens is 2. The molecule has 3 heterocycles. The van der Waals surface area contributed by atoms with E-state index in [9.17, 15) is 9.59 Å². The van der Waals surface area contributed by atoms with E-state index in [1.807, 2.05) is 0 Å². The number of carbonyl (C=O) groups is 2. The predicted octanol–water partition coefficient (Wildman–Crippen LogP) is 1.23. The molecule has 2 aliphatic heterocycles. The van der Waals surface area contributed by atoms with Gasteiger partial charge in [-0.3, -0.25) is 9.59 Å². The van der Waals surface area contributed by atoms with E-state index in [1.54, 1.807) is 6.07 Å². The highest BCUT2D eigenvalue weighted by Gasteiger charge is 2.27. The maximum atomic E-state index is 12.2. The quantitative estimate of drug-likeness (QED) is 0.905. The number of rotatable bonds is 3. The molecule has 2 saturated heterocycles. The summed E-state index contributed by atoms with van der Waals surface area (Å²) in [6, 6.07) is 1.34. The topological polar surface area (TPSA) is 75.2 Å². The zero-order valence-corrected chi connectivity index (χ0v) is 12.6. The molecule has 3 rings (SSSR count). The van der Waals surface area contributed by atoms with Gasteiger partial charge in [-0.25, -0.2) is 9.97 Å². The Labute approximate surface area is 127 Å². The zero-order chi connectivity index (χ0) is 14.7. The number of nitrogens with one attached hydrogen (secondary N) is 1. The number of anilines is 1. The van der Waals surface area contributed by atoms with Crippen LogP contribution in [0.15, 0.2) is 12.4 Å². The molecule has 0 radical (unpaired) electrons. The largest absolute Gasteiger partial charge is 0.357 e. The average Bonchev–Trinajstić information content (AvgIpc) is 2.93. The van der Waals surface area contributed by atoms with E-state index in [1.165, 1.54) is 24.5 Å². The monoisotopic (exact) mass is 306 g/mol. The second kappa shape index (κ2) is 6.43. The Kier molecular flexibility index (Phi) is 4.38. The molecule has 0 aromatic carbocycles. The number of hydrogen-bond acceptors (Lipinski definition) is 6. The maximum Gasteiger partial charge on any atom is 0.270 e. The third-order valence-electron chi connectivity index (χ3n) is 3.81. The summed E-state index contributed by atoms with van der Waals surface area (Å²) < 4.78 is 0. The summed E-state index contributed by atoms with van der Waals surface area (Å²) in [5, 5.41) is 2.79. The van der Waals surface area contributed by atoms with E-state index < -0.39 is 0 Å². The van der Waals surface area contributed by atoms with Crippen molar-refractivity contribution in [1.29, 1.82) is 0 Å². The number of hydrogen-bond donors (Lipinski definition) is 1.